The smallest absolute Gasteiger partial charge is 0.137 e. The van der Waals surface area contributed by atoms with Gasteiger partial charge in [0, 0.05) is 29.7 Å². The van der Waals surface area contributed by atoms with Crippen LogP contribution in [0.4, 0.5) is 0 Å². The Morgan fingerprint density at radius 3 is 2.33 bits per heavy atom. The third-order valence-electron chi connectivity index (χ3n) is 4.87. The van der Waals surface area contributed by atoms with Crippen molar-refractivity contribution in [3.63, 3.8) is 0 Å². The lowest BCUT2D eigenvalue weighted by molar-refractivity contribution is 0.884. The fraction of sp³-hybridized carbons (Fsp3) is 0. The van der Waals surface area contributed by atoms with Crippen LogP contribution in [0.2, 0.25) is 0 Å². The summed E-state index contributed by atoms with van der Waals surface area (Å²) in [7, 11) is 0. The van der Waals surface area contributed by atoms with Gasteiger partial charge in [0.1, 0.15) is 11.7 Å². The standard InChI is InChI=1S/C25H17N5/c26-16-20(23-18-29-14-8-7-13-24(29)27-23)15-21-17-30(22-11-5-2-6-12-22)28-25(21)19-9-3-1-4-10-19/h1-15,17-18H/b20-15-. The van der Waals surface area contributed by atoms with Gasteiger partial charge in [0.2, 0.25) is 0 Å². The van der Waals surface area contributed by atoms with E-state index in [1.165, 1.54) is 0 Å². The molecule has 0 aliphatic rings. The Morgan fingerprint density at radius 2 is 1.60 bits per heavy atom. The number of benzene rings is 2. The maximum absolute atomic E-state index is 9.86. The van der Waals surface area contributed by atoms with Crippen LogP contribution >= 0.6 is 0 Å². The van der Waals surface area contributed by atoms with Crippen molar-refractivity contribution >= 4 is 17.3 Å². The molecule has 0 fully saturated rings. The zero-order valence-corrected chi connectivity index (χ0v) is 16.1. The lowest BCUT2D eigenvalue weighted by atomic mass is 10.1. The van der Waals surface area contributed by atoms with Crippen LogP contribution in [0, 0.1) is 11.3 Å². The Kier molecular flexibility index (Phi) is 4.43. The summed E-state index contributed by atoms with van der Waals surface area (Å²) in [6.45, 7) is 0. The topological polar surface area (TPSA) is 58.9 Å². The number of fused-ring (bicyclic) bond motifs is 1. The zero-order chi connectivity index (χ0) is 20.3. The first-order valence-electron chi connectivity index (χ1n) is 9.58. The molecule has 0 atom stereocenters. The summed E-state index contributed by atoms with van der Waals surface area (Å²) in [5.41, 5.74) is 5.55. The van der Waals surface area contributed by atoms with Crippen molar-refractivity contribution in [1.29, 1.82) is 5.26 Å². The number of pyridine rings is 1. The molecule has 0 unspecified atom stereocenters. The number of nitrogens with zero attached hydrogens (tertiary/aromatic N) is 5. The Hall–Kier alpha value is -4.43. The molecule has 5 heteroatoms. The molecular weight excluding hydrogens is 370 g/mol. The predicted octanol–water partition coefficient (Wildman–Crippen LogP) is 5.25. The number of allylic oxidation sites excluding steroid dienone is 1. The van der Waals surface area contributed by atoms with Gasteiger partial charge in [-0.1, -0.05) is 54.6 Å². The summed E-state index contributed by atoms with van der Waals surface area (Å²) in [5, 5.41) is 14.7. The van der Waals surface area contributed by atoms with E-state index in [9.17, 15) is 5.26 Å². The molecule has 0 aliphatic heterocycles. The molecule has 0 saturated carbocycles. The summed E-state index contributed by atoms with van der Waals surface area (Å²) < 4.78 is 3.75. The first-order chi connectivity index (χ1) is 14.8. The number of imidazole rings is 1. The highest BCUT2D eigenvalue weighted by Gasteiger charge is 2.14. The normalized spacial score (nSPS) is 11.5. The molecule has 0 saturated heterocycles. The van der Waals surface area contributed by atoms with E-state index in [1.807, 2.05) is 113 Å². The van der Waals surface area contributed by atoms with Crippen molar-refractivity contribution in [3.05, 3.63) is 109 Å². The van der Waals surface area contributed by atoms with E-state index in [0.29, 0.717) is 11.3 Å². The van der Waals surface area contributed by atoms with Crippen LogP contribution in [0.1, 0.15) is 11.3 Å². The fourth-order valence-electron chi connectivity index (χ4n) is 3.41. The second-order valence-electron chi connectivity index (χ2n) is 6.84. The van der Waals surface area contributed by atoms with Gasteiger partial charge in [0.25, 0.3) is 0 Å². The number of hydrogen-bond donors (Lipinski definition) is 0. The number of rotatable bonds is 4. The molecule has 3 aromatic heterocycles. The first kappa shape index (κ1) is 17.7. The van der Waals surface area contributed by atoms with Crippen molar-refractivity contribution in [2.45, 2.75) is 0 Å². The third kappa shape index (κ3) is 3.27. The third-order valence-corrected chi connectivity index (χ3v) is 4.87. The van der Waals surface area contributed by atoms with Crippen molar-refractivity contribution in [2.75, 3.05) is 0 Å². The summed E-state index contributed by atoms with van der Waals surface area (Å²) in [6, 6.07) is 28.0. The fourth-order valence-corrected chi connectivity index (χ4v) is 3.41. The Balaban J connectivity index is 1.66. The molecule has 30 heavy (non-hydrogen) atoms. The van der Waals surface area contributed by atoms with Gasteiger partial charge in [-0.05, 0) is 30.3 Å². The summed E-state index contributed by atoms with van der Waals surface area (Å²) in [4.78, 5) is 4.59. The number of aromatic nitrogens is 4. The molecule has 0 bridgehead atoms. The van der Waals surface area contributed by atoms with Crippen molar-refractivity contribution in [1.82, 2.24) is 19.2 Å². The molecule has 0 aliphatic carbocycles. The molecule has 0 amide bonds. The lowest BCUT2D eigenvalue weighted by Crippen LogP contribution is -1.93. The molecule has 5 nitrogen and oxygen atoms in total. The minimum Gasteiger partial charge on any atom is -0.306 e. The first-order valence-corrected chi connectivity index (χ1v) is 9.58. The van der Waals surface area contributed by atoms with Crippen molar-refractivity contribution in [3.8, 4) is 23.0 Å². The van der Waals surface area contributed by atoms with Gasteiger partial charge in [-0.2, -0.15) is 10.4 Å². The second-order valence-corrected chi connectivity index (χ2v) is 6.84. The Morgan fingerprint density at radius 1 is 0.867 bits per heavy atom. The van der Waals surface area contributed by atoms with E-state index in [0.717, 1.165) is 28.2 Å². The van der Waals surface area contributed by atoms with Gasteiger partial charge in [0.15, 0.2) is 0 Å². The predicted molar refractivity (Wildman–Crippen MR) is 118 cm³/mol. The molecule has 0 N–H and O–H groups in total. The van der Waals surface area contributed by atoms with Gasteiger partial charge in [-0.25, -0.2) is 9.67 Å². The van der Waals surface area contributed by atoms with E-state index < -0.39 is 0 Å². The number of hydrogen-bond acceptors (Lipinski definition) is 3. The molecule has 5 aromatic rings. The molecule has 3 heterocycles. The molecular formula is C25H17N5. The highest BCUT2D eigenvalue weighted by Crippen LogP contribution is 2.27. The van der Waals surface area contributed by atoms with Crippen molar-refractivity contribution < 1.29 is 0 Å². The molecule has 5 rings (SSSR count). The van der Waals surface area contributed by atoms with Gasteiger partial charge >= 0.3 is 0 Å². The van der Waals surface area contributed by atoms with E-state index in [-0.39, 0.29) is 0 Å². The van der Waals surface area contributed by atoms with Crippen LogP contribution in [0.3, 0.4) is 0 Å². The van der Waals surface area contributed by atoms with Gasteiger partial charge < -0.3 is 4.40 Å². The van der Waals surface area contributed by atoms with Crippen LogP contribution < -0.4 is 0 Å². The molecule has 0 spiro atoms. The molecule has 142 valence electrons. The maximum atomic E-state index is 9.86. The van der Waals surface area contributed by atoms with Crippen LogP contribution in [0.15, 0.2) is 97.5 Å². The monoisotopic (exact) mass is 387 g/mol. The van der Waals surface area contributed by atoms with Gasteiger partial charge in [0.05, 0.1) is 22.6 Å². The van der Waals surface area contributed by atoms with E-state index in [1.54, 1.807) is 0 Å². The molecule has 0 radical (unpaired) electrons. The quantitative estimate of drug-likeness (QED) is 0.396. The number of para-hydroxylation sites is 1. The average molecular weight is 387 g/mol. The van der Waals surface area contributed by atoms with Crippen LogP contribution in [0.5, 0.6) is 0 Å². The minimum atomic E-state index is 0.489. The van der Waals surface area contributed by atoms with Crippen molar-refractivity contribution in [2.24, 2.45) is 0 Å². The summed E-state index contributed by atoms with van der Waals surface area (Å²) in [5.74, 6) is 0. The zero-order valence-electron chi connectivity index (χ0n) is 16.1. The summed E-state index contributed by atoms with van der Waals surface area (Å²) in [6.07, 6.45) is 7.60. The van der Waals surface area contributed by atoms with E-state index in [4.69, 9.17) is 5.10 Å². The largest absolute Gasteiger partial charge is 0.306 e. The van der Waals surface area contributed by atoms with Crippen LogP contribution in [-0.4, -0.2) is 19.2 Å². The SMILES string of the molecule is N#C/C(=C/c1cn(-c2ccccc2)nc1-c1ccccc1)c1cn2ccccc2n1. The van der Waals surface area contributed by atoms with Crippen LogP contribution in [0.25, 0.3) is 34.2 Å². The Bertz CT molecular complexity index is 1350. The highest BCUT2D eigenvalue weighted by molar-refractivity contribution is 5.91. The van der Waals surface area contributed by atoms with E-state index in [2.05, 4.69) is 11.1 Å². The van der Waals surface area contributed by atoms with E-state index >= 15 is 0 Å². The second kappa shape index (κ2) is 7.53. The average Bonchev–Trinajstić information content (AvgIpc) is 3.43. The van der Waals surface area contributed by atoms with Crippen LogP contribution in [-0.2, 0) is 0 Å². The maximum Gasteiger partial charge on any atom is 0.137 e. The minimum absolute atomic E-state index is 0.489. The molecule has 2 aromatic carbocycles. The Labute approximate surface area is 173 Å². The lowest BCUT2D eigenvalue weighted by Gasteiger charge is -2.00. The summed E-state index contributed by atoms with van der Waals surface area (Å²) >= 11 is 0. The van der Waals surface area contributed by atoms with Gasteiger partial charge in [-0.3, -0.25) is 0 Å². The van der Waals surface area contributed by atoms with Gasteiger partial charge in [-0.15, -0.1) is 0 Å². The number of nitriles is 1. The highest BCUT2D eigenvalue weighted by atomic mass is 15.3.